The summed E-state index contributed by atoms with van der Waals surface area (Å²) in [5, 5.41) is 22.7. The molecule has 0 saturated carbocycles. The molecule has 1 aliphatic rings. The number of carbonyl (C=O) groups excluding carboxylic acids is 1. The van der Waals surface area contributed by atoms with Crippen LogP contribution in [0.5, 0.6) is 0 Å². The maximum atomic E-state index is 13.4. The molecule has 11 heteroatoms. The number of aliphatic carboxylic acids is 1. The first-order valence-electron chi connectivity index (χ1n) is 13.4. The number of benzene rings is 3. The SMILES string of the molecule is CC(CC(NS(=O)(=O)c1ccc(C#N)cc1)c1ccc(Cl)cc1)C1NC(=O)C(C)(CC(=O)O)CC1c1cccc(Cl)c1. The van der Waals surface area contributed by atoms with Gasteiger partial charge in [0.15, 0.2) is 0 Å². The van der Waals surface area contributed by atoms with Gasteiger partial charge in [0.05, 0.1) is 28.4 Å². The van der Waals surface area contributed by atoms with Crippen molar-refractivity contribution < 1.29 is 23.1 Å². The Balaban J connectivity index is 1.68. The van der Waals surface area contributed by atoms with Crippen molar-refractivity contribution in [1.82, 2.24) is 10.0 Å². The molecule has 5 unspecified atom stereocenters. The van der Waals surface area contributed by atoms with Crippen molar-refractivity contribution in [3.8, 4) is 6.07 Å². The molecule has 1 heterocycles. The molecule has 0 spiro atoms. The number of nitrogens with one attached hydrogen (secondary N) is 2. The van der Waals surface area contributed by atoms with E-state index in [-0.39, 0.29) is 35.5 Å². The monoisotopic (exact) mass is 627 g/mol. The van der Waals surface area contributed by atoms with Gasteiger partial charge in [0.2, 0.25) is 15.9 Å². The van der Waals surface area contributed by atoms with Crippen molar-refractivity contribution in [2.45, 2.75) is 56.0 Å². The molecule has 1 aliphatic heterocycles. The van der Waals surface area contributed by atoms with Gasteiger partial charge in [-0.25, -0.2) is 13.1 Å². The summed E-state index contributed by atoms with van der Waals surface area (Å²) >= 11 is 12.4. The number of hydrogen-bond donors (Lipinski definition) is 3. The molecule has 1 saturated heterocycles. The average Bonchev–Trinajstić information content (AvgIpc) is 2.94. The highest BCUT2D eigenvalue weighted by atomic mass is 35.5. The third-order valence-corrected chi connectivity index (χ3v) is 9.83. The van der Waals surface area contributed by atoms with E-state index < -0.39 is 33.5 Å². The quantitative estimate of drug-likeness (QED) is 0.250. The van der Waals surface area contributed by atoms with Gasteiger partial charge in [-0.2, -0.15) is 5.26 Å². The van der Waals surface area contributed by atoms with Gasteiger partial charge in [-0.15, -0.1) is 0 Å². The van der Waals surface area contributed by atoms with Gasteiger partial charge in [-0.1, -0.05) is 61.3 Å². The minimum atomic E-state index is -4.00. The first-order valence-corrected chi connectivity index (χ1v) is 15.6. The van der Waals surface area contributed by atoms with E-state index in [1.54, 1.807) is 37.3 Å². The standard InChI is InChI=1S/C31H31Cl2N3O5S/c1-19(29-26(22-4-3-5-24(33)15-22)16-31(2,17-28(37)38)30(39)35-29)14-27(21-8-10-23(32)11-9-21)36-42(40,41)25-12-6-20(18-34)7-13-25/h3-13,15,19,26-27,29,36H,14,16-17H2,1-2H3,(H,35,39)(H,37,38). The zero-order valence-electron chi connectivity index (χ0n) is 23.1. The maximum Gasteiger partial charge on any atom is 0.304 e. The van der Waals surface area contributed by atoms with Crippen molar-refractivity contribution in [3.05, 3.63) is 99.5 Å². The molecule has 1 fully saturated rings. The van der Waals surface area contributed by atoms with E-state index >= 15 is 0 Å². The Morgan fingerprint density at radius 2 is 1.79 bits per heavy atom. The van der Waals surface area contributed by atoms with Gasteiger partial charge in [-0.3, -0.25) is 9.59 Å². The summed E-state index contributed by atoms with van der Waals surface area (Å²) in [6, 6.07) is 20.6. The van der Waals surface area contributed by atoms with E-state index in [9.17, 15) is 23.1 Å². The molecular weight excluding hydrogens is 597 g/mol. The number of halogens is 2. The number of carbonyl (C=O) groups is 2. The highest BCUT2D eigenvalue weighted by Crippen LogP contribution is 2.44. The molecule has 1 amide bonds. The molecule has 4 rings (SSSR count). The topological polar surface area (TPSA) is 136 Å². The minimum absolute atomic E-state index is 0.0142. The molecule has 42 heavy (non-hydrogen) atoms. The summed E-state index contributed by atoms with van der Waals surface area (Å²) < 4.78 is 29.7. The summed E-state index contributed by atoms with van der Waals surface area (Å²) in [7, 11) is -4.00. The summed E-state index contributed by atoms with van der Waals surface area (Å²) in [4.78, 5) is 25.0. The number of sulfonamides is 1. The van der Waals surface area contributed by atoms with Crippen molar-refractivity contribution in [2.24, 2.45) is 11.3 Å². The lowest BCUT2D eigenvalue weighted by molar-refractivity contribution is -0.147. The summed E-state index contributed by atoms with van der Waals surface area (Å²) in [5.41, 5.74) is 0.742. The fourth-order valence-corrected chi connectivity index (χ4v) is 7.21. The normalized spacial score (nSPS) is 22.0. The number of piperidine rings is 1. The van der Waals surface area contributed by atoms with Crippen molar-refractivity contribution in [2.75, 3.05) is 0 Å². The van der Waals surface area contributed by atoms with E-state index in [1.165, 1.54) is 24.3 Å². The van der Waals surface area contributed by atoms with E-state index in [4.69, 9.17) is 28.5 Å². The molecule has 0 radical (unpaired) electrons. The van der Waals surface area contributed by atoms with Crippen LogP contribution in [0.15, 0.2) is 77.7 Å². The number of hydrogen-bond acceptors (Lipinski definition) is 5. The second kappa shape index (κ2) is 12.8. The summed E-state index contributed by atoms with van der Waals surface area (Å²) in [6.07, 6.45) is 0.257. The fraction of sp³-hybridized carbons (Fsp3) is 0.323. The first kappa shape index (κ1) is 31.5. The molecule has 0 bridgehead atoms. The van der Waals surface area contributed by atoms with Crippen molar-refractivity contribution in [1.29, 1.82) is 5.26 Å². The van der Waals surface area contributed by atoms with Gasteiger partial charge in [0, 0.05) is 28.0 Å². The van der Waals surface area contributed by atoms with E-state index in [0.29, 0.717) is 27.6 Å². The minimum Gasteiger partial charge on any atom is -0.481 e. The maximum absolute atomic E-state index is 13.4. The van der Waals surface area contributed by atoms with Crippen LogP contribution in [-0.4, -0.2) is 31.4 Å². The van der Waals surface area contributed by atoms with Crippen LogP contribution in [0.4, 0.5) is 0 Å². The fourth-order valence-electron chi connectivity index (χ4n) is 5.65. The van der Waals surface area contributed by atoms with Crippen LogP contribution >= 0.6 is 23.2 Å². The third-order valence-electron chi connectivity index (χ3n) is 7.85. The smallest absolute Gasteiger partial charge is 0.304 e. The zero-order chi connectivity index (χ0) is 30.7. The van der Waals surface area contributed by atoms with Crippen LogP contribution in [0, 0.1) is 22.7 Å². The molecule has 0 aliphatic carbocycles. The predicted octanol–water partition coefficient (Wildman–Crippen LogP) is 6.06. The zero-order valence-corrected chi connectivity index (χ0v) is 25.4. The van der Waals surface area contributed by atoms with E-state index in [0.717, 1.165) is 5.56 Å². The number of rotatable bonds is 10. The number of nitriles is 1. The van der Waals surface area contributed by atoms with E-state index in [1.807, 2.05) is 31.2 Å². The highest BCUT2D eigenvalue weighted by molar-refractivity contribution is 7.89. The number of amides is 1. The Hall–Kier alpha value is -3.42. The van der Waals surface area contributed by atoms with Gasteiger partial charge < -0.3 is 10.4 Å². The lowest BCUT2D eigenvalue weighted by atomic mass is 9.67. The molecule has 3 aromatic carbocycles. The summed E-state index contributed by atoms with van der Waals surface area (Å²) in [6.45, 7) is 3.58. The lowest BCUT2D eigenvalue weighted by Gasteiger charge is -2.45. The predicted molar refractivity (Wildman–Crippen MR) is 161 cm³/mol. The number of carboxylic acid groups (broad SMARTS) is 1. The third kappa shape index (κ3) is 7.31. The Morgan fingerprint density at radius 3 is 2.38 bits per heavy atom. The van der Waals surface area contributed by atoms with Crippen LogP contribution in [0.3, 0.4) is 0 Å². The van der Waals surface area contributed by atoms with Crippen LogP contribution in [0.2, 0.25) is 10.0 Å². The van der Waals surface area contributed by atoms with Crippen LogP contribution in [0.1, 0.15) is 61.8 Å². The molecular formula is C31H31Cl2N3O5S. The molecule has 220 valence electrons. The second-order valence-electron chi connectivity index (χ2n) is 11.1. The largest absolute Gasteiger partial charge is 0.481 e. The van der Waals surface area contributed by atoms with Crippen molar-refractivity contribution in [3.63, 3.8) is 0 Å². The Labute approximate surface area is 255 Å². The Morgan fingerprint density at radius 1 is 1.12 bits per heavy atom. The van der Waals surface area contributed by atoms with Crippen molar-refractivity contribution >= 4 is 45.1 Å². The first-order chi connectivity index (χ1) is 19.8. The molecule has 3 aromatic rings. The van der Waals surface area contributed by atoms with Crippen LogP contribution in [-0.2, 0) is 19.6 Å². The van der Waals surface area contributed by atoms with Crippen LogP contribution in [0.25, 0.3) is 0 Å². The molecule has 5 atom stereocenters. The summed E-state index contributed by atoms with van der Waals surface area (Å²) in [5.74, 6) is -1.97. The van der Waals surface area contributed by atoms with Gasteiger partial charge in [-0.05, 0) is 78.4 Å². The second-order valence-corrected chi connectivity index (χ2v) is 13.7. The number of nitrogens with zero attached hydrogens (tertiary/aromatic N) is 1. The Bertz CT molecular complexity index is 1610. The van der Waals surface area contributed by atoms with E-state index in [2.05, 4.69) is 10.0 Å². The average molecular weight is 629 g/mol. The number of carboxylic acids is 1. The highest BCUT2D eigenvalue weighted by Gasteiger charge is 2.47. The Kier molecular flexibility index (Phi) is 9.63. The molecule has 0 aromatic heterocycles. The molecule has 3 N–H and O–H groups in total. The van der Waals surface area contributed by atoms with Gasteiger partial charge in [0.1, 0.15) is 0 Å². The lowest BCUT2D eigenvalue weighted by Crippen LogP contribution is -2.56. The molecule has 8 nitrogen and oxygen atoms in total. The van der Waals surface area contributed by atoms with Crippen LogP contribution < -0.4 is 10.0 Å². The van der Waals surface area contributed by atoms with Gasteiger partial charge >= 0.3 is 5.97 Å². The van der Waals surface area contributed by atoms with Gasteiger partial charge in [0.25, 0.3) is 0 Å².